The van der Waals surface area contributed by atoms with E-state index in [9.17, 15) is 4.79 Å². The Morgan fingerprint density at radius 3 is 2.78 bits per heavy atom. The zero-order valence-electron chi connectivity index (χ0n) is 13.1. The van der Waals surface area contributed by atoms with Gasteiger partial charge in [-0.05, 0) is 37.1 Å². The third-order valence-corrected chi connectivity index (χ3v) is 4.86. The minimum absolute atomic E-state index is 0.220. The molecular weight excluding hydrogens is 330 g/mol. The molecule has 5 nitrogen and oxygen atoms in total. The summed E-state index contributed by atoms with van der Waals surface area (Å²) in [5, 5.41) is 11.2. The van der Waals surface area contributed by atoms with Gasteiger partial charge >= 0.3 is 0 Å². The van der Waals surface area contributed by atoms with Gasteiger partial charge in [0.2, 0.25) is 11.0 Å². The van der Waals surface area contributed by atoms with Crippen LogP contribution in [0.4, 0.5) is 5.13 Å². The maximum absolute atomic E-state index is 11.9. The van der Waals surface area contributed by atoms with Gasteiger partial charge in [-0.1, -0.05) is 42.2 Å². The molecule has 0 spiro atoms. The van der Waals surface area contributed by atoms with Crippen molar-refractivity contribution in [2.24, 2.45) is 0 Å². The first-order valence-corrected chi connectivity index (χ1v) is 9.19. The van der Waals surface area contributed by atoms with Gasteiger partial charge in [-0.3, -0.25) is 10.1 Å². The van der Waals surface area contributed by atoms with Gasteiger partial charge in [0, 0.05) is 11.8 Å². The maximum atomic E-state index is 11.9. The highest BCUT2D eigenvalue weighted by Crippen LogP contribution is 2.25. The largest absolute Gasteiger partial charge is 0.494 e. The first-order valence-electron chi connectivity index (χ1n) is 7.39. The molecule has 0 fully saturated rings. The number of thioether (sulfide) groups is 1. The van der Waals surface area contributed by atoms with Crippen molar-refractivity contribution in [3.8, 4) is 5.75 Å². The number of anilines is 1. The molecule has 122 valence electrons. The molecule has 2 rings (SSSR count). The SMILES string of the molecule is CCCSc1nnc(NC(=O)/C=C/c2ccc(OCC)cc2)s1. The van der Waals surface area contributed by atoms with E-state index < -0.39 is 0 Å². The van der Waals surface area contributed by atoms with Gasteiger partial charge in [0.1, 0.15) is 5.75 Å². The van der Waals surface area contributed by atoms with Crippen molar-refractivity contribution < 1.29 is 9.53 Å². The monoisotopic (exact) mass is 349 g/mol. The third-order valence-electron chi connectivity index (χ3n) is 2.68. The summed E-state index contributed by atoms with van der Waals surface area (Å²) in [6, 6.07) is 7.56. The van der Waals surface area contributed by atoms with E-state index in [0.717, 1.165) is 27.8 Å². The summed E-state index contributed by atoms with van der Waals surface area (Å²) in [7, 11) is 0. The Balaban J connectivity index is 1.87. The maximum Gasteiger partial charge on any atom is 0.250 e. The number of ether oxygens (including phenoxy) is 1. The standard InChI is InChI=1S/C16H19N3O2S2/c1-3-11-22-16-19-18-15(23-16)17-14(20)10-7-12-5-8-13(9-6-12)21-4-2/h5-10H,3-4,11H2,1-2H3,(H,17,18,20)/b10-7+. The highest BCUT2D eigenvalue weighted by Gasteiger charge is 2.06. The average molecular weight is 349 g/mol. The molecule has 1 heterocycles. The molecule has 0 bridgehead atoms. The van der Waals surface area contributed by atoms with E-state index in [-0.39, 0.29) is 5.91 Å². The predicted molar refractivity (Wildman–Crippen MR) is 96.2 cm³/mol. The van der Waals surface area contributed by atoms with Gasteiger partial charge in [-0.25, -0.2) is 0 Å². The first kappa shape index (κ1) is 17.5. The van der Waals surface area contributed by atoms with Crippen molar-refractivity contribution in [3.05, 3.63) is 35.9 Å². The van der Waals surface area contributed by atoms with Gasteiger partial charge < -0.3 is 4.74 Å². The fraction of sp³-hybridized carbons (Fsp3) is 0.312. The van der Waals surface area contributed by atoms with Crippen molar-refractivity contribution in [1.82, 2.24) is 10.2 Å². The topological polar surface area (TPSA) is 64.1 Å². The third kappa shape index (κ3) is 6.03. The Labute approximate surface area is 144 Å². The van der Waals surface area contributed by atoms with Crippen molar-refractivity contribution in [1.29, 1.82) is 0 Å². The van der Waals surface area contributed by atoms with E-state index >= 15 is 0 Å². The smallest absolute Gasteiger partial charge is 0.250 e. The van der Waals surface area contributed by atoms with Gasteiger partial charge in [0.05, 0.1) is 6.61 Å². The first-order chi connectivity index (χ1) is 11.2. The molecule has 0 radical (unpaired) electrons. The highest BCUT2D eigenvalue weighted by atomic mass is 32.2. The summed E-state index contributed by atoms with van der Waals surface area (Å²) in [6.45, 7) is 4.69. The quantitative estimate of drug-likeness (QED) is 0.442. The van der Waals surface area contributed by atoms with Crippen LogP contribution >= 0.6 is 23.1 Å². The lowest BCUT2D eigenvalue weighted by Gasteiger charge is -2.02. The van der Waals surface area contributed by atoms with Crippen LogP contribution in [0.25, 0.3) is 6.08 Å². The predicted octanol–water partition coefficient (Wildman–Crippen LogP) is 4.09. The number of nitrogens with one attached hydrogen (secondary N) is 1. The summed E-state index contributed by atoms with van der Waals surface area (Å²) in [5.74, 6) is 1.60. The van der Waals surface area contributed by atoms with Crippen LogP contribution in [0.15, 0.2) is 34.7 Å². The fourth-order valence-corrected chi connectivity index (χ4v) is 3.35. The van der Waals surface area contributed by atoms with E-state index in [1.807, 2.05) is 31.2 Å². The van der Waals surface area contributed by atoms with Crippen LogP contribution < -0.4 is 10.1 Å². The number of hydrogen-bond acceptors (Lipinski definition) is 6. The summed E-state index contributed by atoms with van der Waals surface area (Å²) in [5.41, 5.74) is 0.931. The molecule has 0 aliphatic heterocycles. The number of amides is 1. The lowest BCUT2D eigenvalue weighted by Crippen LogP contribution is -2.07. The van der Waals surface area contributed by atoms with E-state index in [1.165, 1.54) is 17.4 Å². The Kier molecular flexibility index (Phi) is 7.09. The Morgan fingerprint density at radius 1 is 1.30 bits per heavy atom. The molecule has 0 aliphatic carbocycles. The number of carbonyl (C=O) groups excluding carboxylic acids is 1. The molecule has 1 N–H and O–H groups in total. The molecule has 0 saturated heterocycles. The van der Waals surface area contributed by atoms with E-state index in [2.05, 4.69) is 22.4 Å². The number of rotatable bonds is 8. The molecule has 0 atom stereocenters. The van der Waals surface area contributed by atoms with Gasteiger partial charge in [0.15, 0.2) is 4.34 Å². The molecule has 1 aromatic heterocycles. The molecule has 0 saturated carbocycles. The normalized spacial score (nSPS) is 10.9. The summed E-state index contributed by atoms with van der Waals surface area (Å²) < 4.78 is 6.25. The van der Waals surface area contributed by atoms with Crippen molar-refractivity contribution in [3.63, 3.8) is 0 Å². The highest BCUT2D eigenvalue weighted by molar-refractivity contribution is 8.01. The zero-order chi connectivity index (χ0) is 16.5. The molecule has 23 heavy (non-hydrogen) atoms. The number of carbonyl (C=O) groups is 1. The van der Waals surface area contributed by atoms with Crippen LogP contribution in [0.3, 0.4) is 0 Å². The lowest BCUT2D eigenvalue weighted by molar-refractivity contribution is -0.111. The molecule has 0 unspecified atom stereocenters. The van der Waals surface area contributed by atoms with Crippen LogP contribution in [-0.4, -0.2) is 28.5 Å². The second kappa shape index (κ2) is 9.32. The van der Waals surface area contributed by atoms with Crippen molar-refractivity contribution in [2.45, 2.75) is 24.6 Å². The van der Waals surface area contributed by atoms with Gasteiger partial charge in [-0.15, -0.1) is 10.2 Å². The Hall–Kier alpha value is -1.86. The van der Waals surface area contributed by atoms with Gasteiger partial charge in [0.25, 0.3) is 0 Å². The Bertz CT molecular complexity index is 654. The average Bonchev–Trinajstić information content (AvgIpc) is 3.00. The minimum Gasteiger partial charge on any atom is -0.494 e. The Morgan fingerprint density at radius 2 is 2.09 bits per heavy atom. The molecule has 2 aromatic rings. The molecule has 1 aromatic carbocycles. The van der Waals surface area contributed by atoms with E-state index in [1.54, 1.807) is 17.8 Å². The van der Waals surface area contributed by atoms with Crippen LogP contribution in [0.5, 0.6) is 5.75 Å². The second-order valence-corrected chi connectivity index (χ2v) is 6.87. The fourth-order valence-electron chi connectivity index (χ4n) is 1.67. The number of aromatic nitrogens is 2. The van der Waals surface area contributed by atoms with Crippen molar-refractivity contribution >= 4 is 40.2 Å². The molecule has 7 heteroatoms. The van der Waals surface area contributed by atoms with Crippen molar-refractivity contribution in [2.75, 3.05) is 17.7 Å². The summed E-state index contributed by atoms with van der Waals surface area (Å²) >= 11 is 3.04. The molecular formula is C16H19N3O2S2. The summed E-state index contributed by atoms with van der Waals surface area (Å²) in [6.07, 6.45) is 4.31. The lowest BCUT2D eigenvalue weighted by atomic mass is 10.2. The van der Waals surface area contributed by atoms with Crippen LogP contribution in [0.2, 0.25) is 0 Å². The minimum atomic E-state index is -0.220. The van der Waals surface area contributed by atoms with E-state index in [0.29, 0.717) is 11.7 Å². The number of nitrogens with zero attached hydrogens (tertiary/aromatic N) is 2. The zero-order valence-corrected chi connectivity index (χ0v) is 14.7. The molecule has 1 amide bonds. The molecule has 0 aliphatic rings. The van der Waals surface area contributed by atoms with Gasteiger partial charge in [-0.2, -0.15) is 0 Å². The number of hydrogen-bond donors (Lipinski definition) is 1. The summed E-state index contributed by atoms with van der Waals surface area (Å²) in [4.78, 5) is 11.9. The van der Waals surface area contributed by atoms with Crippen LogP contribution in [0.1, 0.15) is 25.8 Å². The number of benzene rings is 1. The van der Waals surface area contributed by atoms with Crippen LogP contribution in [-0.2, 0) is 4.79 Å². The van der Waals surface area contributed by atoms with Crippen LogP contribution in [0, 0.1) is 0 Å². The van der Waals surface area contributed by atoms with E-state index in [4.69, 9.17) is 4.74 Å². The second-order valence-electron chi connectivity index (χ2n) is 4.55.